The lowest BCUT2D eigenvalue weighted by atomic mass is 10.7. The Labute approximate surface area is 111 Å². The average molecular weight is 276 g/mol. The van der Waals surface area contributed by atoms with E-state index in [2.05, 4.69) is 20.9 Å². The average Bonchev–Trinajstić information content (AvgIpc) is 2.34. The summed E-state index contributed by atoms with van der Waals surface area (Å²) in [6, 6.07) is -1.14. The predicted octanol–water partition coefficient (Wildman–Crippen LogP) is 0.771. The van der Waals surface area contributed by atoms with Gasteiger partial charge in [-0.3, -0.25) is 5.32 Å². The van der Waals surface area contributed by atoms with E-state index in [4.69, 9.17) is 4.74 Å². The maximum Gasteiger partial charge on any atom is 0.345 e. The third kappa shape index (κ3) is 8.68. The van der Waals surface area contributed by atoms with Gasteiger partial charge in [-0.15, -0.1) is 4.99 Å². The van der Waals surface area contributed by atoms with Crippen molar-refractivity contribution in [2.75, 3.05) is 31.7 Å². The lowest BCUT2D eigenvalue weighted by Crippen LogP contribution is -2.41. The van der Waals surface area contributed by atoms with Crippen molar-refractivity contribution in [2.45, 2.75) is 13.8 Å². The molecule has 0 rings (SSSR count). The van der Waals surface area contributed by atoms with Crippen molar-refractivity contribution >= 4 is 29.8 Å². The first-order valence-corrected chi connectivity index (χ1v) is 6.82. The van der Waals surface area contributed by atoms with Gasteiger partial charge in [0.25, 0.3) is 0 Å². The Morgan fingerprint density at radius 2 is 2.00 bits per heavy atom. The van der Waals surface area contributed by atoms with E-state index in [0.29, 0.717) is 13.1 Å². The summed E-state index contributed by atoms with van der Waals surface area (Å²) in [6.07, 6.45) is 0. The summed E-state index contributed by atoms with van der Waals surface area (Å²) < 4.78 is 4.78. The molecule has 0 saturated carbocycles. The fraction of sp³-hybridized carbons (Fsp3) is 0.700. The van der Waals surface area contributed by atoms with E-state index in [0.717, 1.165) is 11.5 Å². The zero-order valence-electron chi connectivity index (χ0n) is 10.9. The van der Waals surface area contributed by atoms with E-state index < -0.39 is 12.1 Å². The van der Waals surface area contributed by atoms with E-state index in [1.807, 2.05) is 6.92 Å². The predicted molar refractivity (Wildman–Crippen MR) is 73.1 cm³/mol. The maximum atomic E-state index is 11.4. The number of rotatable bonds is 5. The zero-order valence-corrected chi connectivity index (χ0v) is 11.7. The number of nitrogens with one attached hydrogen (secondary N) is 3. The molecule has 0 radical (unpaired) electrons. The molecule has 3 N–H and O–H groups in total. The van der Waals surface area contributed by atoms with Crippen molar-refractivity contribution in [1.29, 1.82) is 0 Å². The quantitative estimate of drug-likeness (QED) is 0.393. The Balaban J connectivity index is 4.07. The summed E-state index contributed by atoms with van der Waals surface area (Å²) in [5, 5.41) is 7.40. The smallest absolute Gasteiger partial charge is 0.345 e. The van der Waals surface area contributed by atoms with Gasteiger partial charge < -0.3 is 15.4 Å². The summed E-state index contributed by atoms with van der Waals surface area (Å²) in [5.41, 5.74) is 0. The highest BCUT2D eigenvalue weighted by molar-refractivity contribution is 7.99. The number of hydrogen-bond acceptors (Lipinski definition) is 4. The molecule has 0 aromatic carbocycles. The van der Waals surface area contributed by atoms with Gasteiger partial charge in [0, 0.05) is 18.8 Å². The van der Waals surface area contributed by atoms with Crippen LogP contribution in [0.1, 0.15) is 13.8 Å². The highest BCUT2D eigenvalue weighted by Gasteiger charge is 2.07. The third-order valence-corrected chi connectivity index (χ3v) is 2.58. The van der Waals surface area contributed by atoms with Crippen LogP contribution in [0.2, 0.25) is 0 Å². The lowest BCUT2D eigenvalue weighted by Gasteiger charge is -2.07. The molecule has 0 aliphatic rings. The van der Waals surface area contributed by atoms with Gasteiger partial charge in [-0.2, -0.15) is 11.8 Å². The highest BCUT2D eigenvalue weighted by atomic mass is 32.2. The van der Waals surface area contributed by atoms with Gasteiger partial charge in [-0.25, -0.2) is 9.59 Å². The van der Waals surface area contributed by atoms with Crippen molar-refractivity contribution in [2.24, 2.45) is 4.99 Å². The second kappa shape index (κ2) is 10.7. The number of urea groups is 2. The number of nitrogens with zero attached hydrogens (tertiary/aromatic N) is 1. The molecule has 7 nitrogen and oxygen atoms in total. The zero-order chi connectivity index (χ0) is 13.8. The van der Waals surface area contributed by atoms with Gasteiger partial charge >= 0.3 is 18.1 Å². The molecule has 104 valence electrons. The van der Waals surface area contributed by atoms with Crippen molar-refractivity contribution < 1.29 is 14.3 Å². The van der Waals surface area contributed by atoms with Crippen molar-refractivity contribution in [3.63, 3.8) is 0 Å². The van der Waals surface area contributed by atoms with Crippen LogP contribution < -0.4 is 16.0 Å². The summed E-state index contributed by atoms with van der Waals surface area (Å²) >= 11 is 1.72. The van der Waals surface area contributed by atoms with Gasteiger partial charge in [-0.1, -0.05) is 6.92 Å². The summed E-state index contributed by atoms with van der Waals surface area (Å²) in [6.45, 7) is 4.83. The van der Waals surface area contributed by atoms with Crippen LogP contribution in [0.5, 0.6) is 0 Å². The van der Waals surface area contributed by atoms with Crippen LogP contribution in [0.25, 0.3) is 0 Å². The molecule has 0 spiro atoms. The second-order valence-electron chi connectivity index (χ2n) is 3.03. The number of thioether (sulfide) groups is 1. The number of amides is 4. The first-order chi connectivity index (χ1) is 8.63. The van der Waals surface area contributed by atoms with E-state index in [-0.39, 0.29) is 6.02 Å². The third-order valence-electron chi connectivity index (χ3n) is 1.68. The van der Waals surface area contributed by atoms with Crippen LogP contribution in [0, 0.1) is 0 Å². The first-order valence-electron chi connectivity index (χ1n) is 5.67. The molecule has 0 saturated heterocycles. The molecule has 18 heavy (non-hydrogen) atoms. The number of ether oxygens (including phenoxy) is 1. The van der Waals surface area contributed by atoms with Crippen LogP contribution in [-0.4, -0.2) is 49.8 Å². The van der Waals surface area contributed by atoms with E-state index >= 15 is 0 Å². The van der Waals surface area contributed by atoms with Crippen LogP contribution in [-0.2, 0) is 4.74 Å². The Kier molecular flexibility index (Phi) is 9.84. The van der Waals surface area contributed by atoms with Crippen molar-refractivity contribution in [3.05, 3.63) is 0 Å². The minimum absolute atomic E-state index is 0.137. The molecular weight excluding hydrogens is 256 g/mol. The molecule has 0 bridgehead atoms. The van der Waals surface area contributed by atoms with Gasteiger partial charge in [0.2, 0.25) is 0 Å². The number of amidine groups is 1. The fourth-order valence-corrected chi connectivity index (χ4v) is 1.47. The summed E-state index contributed by atoms with van der Waals surface area (Å²) in [7, 11) is 1.32. The van der Waals surface area contributed by atoms with Crippen LogP contribution >= 0.6 is 11.8 Å². The number of carbonyl (C=O) groups excluding carboxylic acids is 2. The SMILES string of the molecule is CCNC(=O)NC(=NC(=O)NCCSCC)OC. The molecule has 0 aromatic heterocycles. The van der Waals surface area contributed by atoms with Crippen molar-refractivity contribution in [1.82, 2.24) is 16.0 Å². The highest BCUT2D eigenvalue weighted by Crippen LogP contribution is 1.95. The molecule has 8 heteroatoms. The van der Waals surface area contributed by atoms with Gasteiger partial charge in [-0.05, 0) is 12.7 Å². The Bertz CT molecular complexity index is 297. The fourth-order valence-electron chi connectivity index (χ4n) is 0.933. The van der Waals surface area contributed by atoms with Gasteiger partial charge in [0.15, 0.2) is 0 Å². The number of aliphatic imine (C=N–C) groups is 1. The number of methoxy groups -OCH3 is 1. The van der Waals surface area contributed by atoms with Crippen LogP contribution in [0.3, 0.4) is 0 Å². The number of hydrogen-bond donors (Lipinski definition) is 3. The summed E-state index contributed by atoms with van der Waals surface area (Å²) in [5.74, 6) is 1.82. The van der Waals surface area contributed by atoms with Crippen LogP contribution in [0.15, 0.2) is 4.99 Å². The molecule has 0 aromatic rings. The Morgan fingerprint density at radius 1 is 1.28 bits per heavy atom. The van der Waals surface area contributed by atoms with Gasteiger partial charge in [0.1, 0.15) is 0 Å². The maximum absolute atomic E-state index is 11.4. The minimum atomic E-state index is -0.541. The van der Waals surface area contributed by atoms with E-state index in [1.165, 1.54) is 7.11 Å². The standard InChI is InChI=1S/C10H20N4O3S/c1-4-11-8(15)13-10(17-3)14-9(16)12-6-7-18-5-2/h4-7H2,1-3H3,(H3,11,12,13,14,15,16). The largest absolute Gasteiger partial charge is 0.468 e. The molecular formula is C10H20N4O3S. The summed E-state index contributed by atoms with van der Waals surface area (Å²) in [4.78, 5) is 26.1. The molecule has 0 heterocycles. The number of carbonyl (C=O) groups is 2. The molecule has 0 aliphatic carbocycles. The first kappa shape index (κ1) is 16.6. The normalized spacial score (nSPS) is 10.7. The van der Waals surface area contributed by atoms with E-state index in [9.17, 15) is 9.59 Å². The Morgan fingerprint density at radius 3 is 2.56 bits per heavy atom. The Hall–Kier alpha value is -1.44. The minimum Gasteiger partial charge on any atom is -0.468 e. The lowest BCUT2D eigenvalue weighted by molar-refractivity contribution is 0.242. The second-order valence-corrected chi connectivity index (χ2v) is 4.43. The molecule has 0 atom stereocenters. The monoisotopic (exact) mass is 276 g/mol. The van der Waals surface area contributed by atoms with Crippen molar-refractivity contribution in [3.8, 4) is 0 Å². The molecule has 4 amide bonds. The molecule has 0 fully saturated rings. The van der Waals surface area contributed by atoms with Gasteiger partial charge in [0.05, 0.1) is 7.11 Å². The molecule has 0 unspecified atom stereocenters. The van der Waals surface area contributed by atoms with E-state index in [1.54, 1.807) is 18.7 Å². The van der Waals surface area contributed by atoms with Crippen LogP contribution in [0.4, 0.5) is 9.59 Å². The topological polar surface area (TPSA) is 91.8 Å². The molecule has 0 aliphatic heterocycles.